The fourth-order valence-corrected chi connectivity index (χ4v) is 3.04. The number of carbonyl (C=O) groups is 1. The summed E-state index contributed by atoms with van der Waals surface area (Å²) >= 11 is 0. The number of hydrogen-bond donors (Lipinski definition) is 2. The van der Waals surface area contributed by atoms with Gasteiger partial charge in [-0.15, -0.1) is 5.10 Å². The fourth-order valence-electron chi connectivity index (χ4n) is 3.04. The Labute approximate surface area is 157 Å². The number of benzene rings is 2. The van der Waals surface area contributed by atoms with Crippen LogP contribution in [0.2, 0.25) is 0 Å². The standard InChI is InChI=1S/C19H16FN5O3/c1-10(11-4-3-5-13(8-11)28-2)21-18(26)16-17-19(27)22-14-9-12(20)6-7-15(14)25(17)24-23-16/h3-10H,1-2H3,(H,21,26)(H,22,27)/t10-/m0/s1. The van der Waals surface area contributed by atoms with Crippen molar-refractivity contribution in [1.82, 2.24) is 25.1 Å². The quantitative estimate of drug-likeness (QED) is 0.564. The molecule has 0 saturated heterocycles. The summed E-state index contributed by atoms with van der Waals surface area (Å²) in [5, 5.41) is 10.6. The molecule has 0 bridgehead atoms. The number of nitrogens with one attached hydrogen (secondary N) is 2. The first-order chi connectivity index (χ1) is 13.5. The predicted octanol–water partition coefficient (Wildman–Crippen LogP) is 2.21. The van der Waals surface area contributed by atoms with Crippen molar-refractivity contribution in [1.29, 1.82) is 0 Å². The number of carbonyl (C=O) groups excluding carboxylic acids is 1. The molecule has 0 spiro atoms. The van der Waals surface area contributed by atoms with Crippen LogP contribution in [0.1, 0.15) is 29.0 Å². The number of methoxy groups -OCH3 is 1. The summed E-state index contributed by atoms with van der Waals surface area (Å²) < 4.78 is 19.8. The Kier molecular flexibility index (Phi) is 4.26. The van der Waals surface area contributed by atoms with Gasteiger partial charge in [-0.05, 0) is 42.8 Å². The van der Waals surface area contributed by atoms with E-state index >= 15 is 0 Å². The van der Waals surface area contributed by atoms with Crippen molar-refractivity contribution in [2.75, 3.05) is 7.11 Å². The number of hydrogen-bond acceptors (Lipinski definition) is 5. The van der Waals surface area contributed by atoms with E-state index in [4.69, 9.17) is 4.74 Å². The van der Waals surface area contributed by atoms with Crippen LogP contribution < -0.4 is 15.6 Å². The van der Waals surface area contributed by atoms with Gasteiger partial charge in [-0.1, -0.05) is 17.3 Å². The van der Waals surface area contributed by atoms with E-state index < -0.39 is 17.3 Å². The van der Waals surface area contributed by atoms with Gasteiger partial charge in [0, 0.05) is 0 Å². The van der Waals surface area contributed by atoms with Gasteiger partial charge in [0.1, 0.15) is 11.6 Å². The van der Waals surface area contributed by atoms with Crippen LogP contribution in [0.4, 0.5) is 4.39 Å². The molecule has 9 heteroatoms. The van der Waals surface area contributed by atoms with Crippen LogP contribution >= 0.6 is 0 Å². The van der Waals surface area contributed by atoms with Crippen molar-refractivity contribution in [3.05, 3.63) is 69.9 Å². The van der Waals surface area contributed by atoms with E-state index in [0.717, 1.165) is 5.56 Å². The highest BCUT2D eigenvalue weighted by Crippen LogP contribution is 2.20. The molecule has 2 aromatic carbocycles. The normalized spacial score (nSPS) is 12.2. The molecule has 2 N–H and O–H groups in total. The molecule has 0 fully saturated rings. The molecule has 142 valence electrons. The van der Waals surface area contributed by atoms with Gasteiger partial charge in [-0.25, -0.2) is 8.91 Å². The first kappa shape index (κ1) is 17.7. The van der Waals surface area contributed by atoms with Crippen LogP contribution in [0.3, 0.4) is 0 Å². The van der Waals surface area contributed by atoms with Gasteiger partial charge in [0.25, 0.3) is 11.5 Å². The SMILES string of the molecule is COc1cccc([C@H](C)NC(=O)c2nnn3c2c(=O)[nH]c2cc(F)ccc23)c1. The second-order valence-electron chi connectivity index (χ2n) is 6.29. The average molecular weight is 381 g/mol. The molecule has 0 radical (unpaired) electrons. The van der Waals surface area contributed by atoms with E-state index in [0.29, 0.717) is 11.3 Å². The molecule has 2 heterocycles. The lowest BCUT2D eigenvalue weighted by molar-refractivity contribution is 0.0936. The van der Waals surface area contributed by atoms with Crippen LogP contribution in [-0.2, 0) is 0 Å². The number of amides is 1. The largest absolute Gasteiger partial charge is 0.497 e. The van der Waals surface area contributed by atoms with Gasteiger partial charge < -0.3 is 15.0 Å². The minimum Gasteiger partial charge on any atom is -0.497 e. The number of H-pyrrole nitrogens is 1. The van der Waals surface area contributed by atoms with Crippen LogP contribution in [0.15, 0.2) is 47.3 Å². The molecule has 1 atom stereocenters. The van der Waals surface area contributed by atoms with Crippen molar-refractivity contribution >= 4 is 22.5 Å². The van der Waals surface area contributed by atoms with Crippen LogP contribution in [0.25, 0.3) is 16.6 Å². The maximum absolute atomic E-state index is 13.4. The third-order valence-corrected chi connectivity index (χ3v) is 4.48. The Balaban J connectivity index is 1.71. The Hall–Kier alpha value is -3.75. The summed E-state index contributed by atoms with van der Waals surface area (Å²) in [6.45, 7) is 1.81. The summed E-state index contributed by atoms with van der Waals surface area (Å²) in [6, 6.07) is 10.8. The average Bonchev–Trinajstić information content (AvgIpc) is 3.14. The summed E-state index contributed by atoms with van der Waals surface area (Å²) in [4.78, 5) is 27.7. The Morgan fingerprint density at radius 2 is 2.11 bits per heavy atom. The van der Waals surface area contributed by atoms with Crippen LogP contribution in [0, 0.1) is 5.82 Å². The summed E-state index contributed by atoms with van der Waals surface area (Å²) in [7, 11) is 1.56. The van der Waals surface area contributed by atoms with Crippen molar-refractivity contribution in [2.45, 2.75) is 13.0 Å². The lowest BCUT2D eigenvalue weighted by Gasteiger charge is -2.14. The minimum atomic E-state index is -0.581. The molecule has 0 saturated carbocycles. The number of fused-ring (bicyclic) bond motifs is 3. The molecule has 8 nitrogen and oxygen atoms in total. The van der Waals surface area contributed by atoms with Crippen molar-refractivity contribution in [3.8, 4) is 5.75 Å². The monoisotopic (exact) mass is 381 g/mol. The molecule has 0 aliphatic heterocycles. The Morgan fingerprint density at radius 3 is 2.89 bits per heavy atom. The van der Waals surface area contributed by atoms with E-state index in [9.17, 15) is 14.0 Å². The molecule has 1 amide bonds. The second kappa shape index (κ2) is 6.76. The van der Waals surface area contributed by atoms with Gasteiger partial charge in [-0.2, -0.15) is 0 Å². The number of aromatic amines is 1. The van der Waals surface area contributed by atoms with Gasteiger partial charge in [-0.3, -0.25) is 9.59 Å². The van der Waals surface area contributed by atoms with Crippen molar-refractivity contribution < 1.29 is 13.9 Å². The van der Waals surface area contributed by atoms with Gasteiger partial charge in [0.05, 0.1) is 24.2 Å². The van der Waals surface area contributed by atoms with Gasteiger partial charge in [0.2, 0.25) is 0 Å². The van der Waals surface area contributed by atoms with Crippen molar-refractivity contribution in [3.63, 3.8) is 0 Å². The molecule has 4 aromatic rings. The molecule has 28 heavy (non-hydrogen) atoms. The van der Waals surface area contributed by atoms with Crippen LogP contribution in [-0.4, -0.2) is 32.8 Å². The highest BCUT2D eigenvalue weighted by atomic mass is 19.1. The molecule has 0 aliphatic carbocycles. The number of aromatic nitrogens is 4. The van der Waals surface area contributed by atoms with E-state index in [1.807, 2.05) is 18.2 Å². The highest BCUT2D eigenvalue weighted by Gasteiger charge is 2.21. The maximum atomic E-state index is 13.4. The number of ether oxygens (including phenoxy) is 1. The first-order valence-corrected chi connectivity index (χ1v) is 8.49. The zero-order valence-electron chi connectivity index (χ0n) is 15.1. The predicted molar refractivity (Wildman–Crippen MR) is 99.9 cm³/mol. The molecule has 4 rings (SSSR count). The topological polar surface area (TPSA) is 101 Å². The van der Waals surface area contributed by atoms with E-state index in [1.165, 1.54) is 22.7 Å². The lowest BCUT2D eigenvalue weighted by atomic mass is 10.1. The van der Waals surface area contributed by atoms with Crippen molar-refractivity contribution in [2.24, 2.45) is 0 Å². The third kappa shape index (κ3) is 2.96. The molecule has 0 aliphatic rings. The minimum absolute atomic E-state index is 0.00514. The number of rotatable bonds is 4. The fraction of sp³-hybridized carbons (Fsp3) is 0.158. The second-order valence-corrected chi connectivity index (χ2v) is 6.29. The number of nitrogens with zero attached hydrogens (tertiary/aromatic N) is 3. The summed E-state index contributed by atoms with van der Waals surface area (Å²) in [6.07, 6.45) is 0. The van der Waals surface area contributed by atoms with E-state index in [1.54, 1.807) is 20.1 Å². The van der Waals surface area contributed by atoms with E-state index in [-0.39, 0.29) is 22.8 Å². The summed E-state index contributed by atoms with van der Waals surface area (Å²) in [5.41, 5.74) is 0.834. The summed E-state index contributed by atoms with van der Waals surface area (Å²) in [5.74, 6) is -0.368. The van der Waals surface area contributed by atoms with Gasteiger partial charge in [0.15, 0.2) is 11.2 Å². The molecule has 2 aromatic heterocycles. The lowest BCUT2D eigenvalue weighted by Crippen LogP contribution is -2.28. The molecule has 0 unspecified atom stereocenters. The zero-order valence-corrected chi connectivity index (χ0v) is 15.1. The van der Waals surface area contributed by atoms with Gasteiger partial charge >= 0.3 is 0 Å². The zero-order chi connectivity index (χ0) is 19.8. The first-order valence-electron chi connectivity index (χ1n) is 8.49. The smallest absolute Gasteiger partial charge is 0.277 e. The molecular formula is C19H16FN5O3. The molecular weight excluding hydrogens is 365 g/mol. The van der Waals surface area contributed by atoms with Crippen LogP contribution in [0.5, 0.6) is 5.75 Å². The highest BCUT2D eigenvalue weighted by molar-refractivity contribution is 5.99. The Morgan fingerprint density at radius 1 is 1.29 bits per heavy atom. The maximum Gasteiger partial charge on any atom is 0.277 e. The third-order valence-electron chi connectivity index (χ3n) is 4.48. The number of halogens is 1. The Bertz CT molecular complexity index is 1260. The van der Waals surface area contributed by atoms with E-state index in [2.05, 4.69) is 20.6 Å².